The van der Waals surface area contributed by atoms with Crippen LogP contribution in [0.4, 0.5) is 0 Å². The molecule has 1 N–H and O–H groups in total. The number of hydrogen-bond donors (Lipinski definition) is 1. The second kappa shape index (κ2) is 7.70. The fourth-order valence-corrected chi connectivity index (χ4v) is 2.66. The predicted octanol–water partition coefficient (Wildman–Crippen LogP) is 2.56. The smallest absolute Gasteiger partial charge is 0.222 e. The van der Waals surface area contributed by atoms with Crippen LogP contribution in [0, 0.1) is 0 Å². The Balaban J connectivity index is 2.27. The number of amides is 1. The molecule has 1 amide bonds. The lowest BCUT2D eigenvalue weighted by Crippen LogP contribution is -2.42. The summed E-state index contributed by atoms with van der Waals surface area (Å²) < 4.78 is 0. The Labute approximate surface area is 106 Å². The molecule has 17 heavy (non-hydrogen) atoms. The maximum atomic E-state index is 12.0. The summed E-state index contributed by atoms with van der Waals surface area (Å²) in [5, 5.41) is 3.33. The zero-order chi connectivity index (χ0) is 12.7. The highest BCUT2D eigenvalue weighted by atomic mass is 16.2. The van der Waals surface area contributed by atoms with Crippen molar-refractivity contribution in [2.75, 3.05) is 14.1 Å². The van der Waals surface area contributed by atoms with Crippen LogP contribution in [0.5, 0.6) is 0 Å². The van der Waals surface area contributed by atoms with E-state index in [1.54, 1.807) is 0 Å². The first-order chi connectivity index (χ1) is 8.19. The van der Waals surface area contributed by atoms with E-state index in [1.807, 2.05) is 19.0 Å². The number of carbonyl (C=O) groups is 1. The molecule has 0 aliphatic heterocycles. The first-order valence-electron chi connectivity index (χ1n) is 7.12. The Morgan fingerprint density at radius 3 is 2.41 bits per heavy atom. The van der Waals surface area contributed by atoms with Gasteiger partial charge in [0.2, 0.25) is 5.91 Å². The van der Waals surface area contributed by atoms with Crippen LogP contribution in [0.25, 0.3) is 0 Å². The van der Waals surface area contributed by atoms with E-state index in [0.29, 0.717) is 18.0 Å². The van der Waals surface area contributed by atoms with E-state index in [4.69, 9.17) is 0 Å². The molecule has 1 aliphatic carbocycles. The summed E-state index contributed by atoms with van der Waals surface area (Å²) >= 11 is 0. The maximum Gasteiger partial charge on any atom is 0.222 e. The summed E-state index contributed by atoms with van der Waals surface area (Å²) in [5.74, 6) is 0.339. The molecule has 0 aromatic carbocycles. The fourth-order valence-electron chi connectivity index (χ4n) is 2.66. The third-order valence-electron chi connectivity index (χ3n) is 4.04. The number of rotatable bonds is 6. The van der Waals surface area contributed by atoms with Crippen LogP contribution in [-0.4, -0.2) is 37.0 Å². The van der Waals surface area contributed by atoms with E-state index < -0.39 is 0 Å². The number of hydrogen-bond acceptors (Lipinski definition) is 2. The second-order valence-electron chi connectivity index (χ2n) is 5.26. The Morgan fingerprint density at radius 1 is 1.24 bits per heavy atom. The van der Waals surface area contributed by atoms with Gasteiger partial charge >= 0.3 is 0 Å². The van der Waals surface area contributed by atoms with Crippen molar-refractivity contribution < 1.29 is 4.79 Å². The van der Waals surface area contributed by atoms with E-state index in [0.717, 1.165) is 25.7 Å². The standard InChI is InChI=1S/C14H28N2O/c1-4-5-6-7-14(17)16(3)13-10-8-12(15-2)9-11-13/h12-13,15H,4-11H2,1-3H3. The van der Waals surface area contributed by atoms with Crippen molar-refractivity contribution in [1.82, 2.24) is 10.2 Å². The molecule has 3 nitrogen and oxygen atoms in total. The van der Waals surface area contributed by atoms with Gasteiger partial charge in [0.15, 0.2) is 0 Å². The summed E-state index contributed by atoms with van der Waals surface area (Å²) in [7, 11) is 4.02. The molecule has 1 saturated carbocycles. The molecular weight excluding hydrogens is 212 g/mol. The quantitative estimate of drug-likeness (QED) is 0.724. The molecule has 0 spiro atoms. The van der Waals surface area contributed by atoms with E-state index in [2.05, 4.69) is 12.2 Å². The zero-order valence-electron chi connectivity index (χ0n) is 11.7. The molecule has 0 heterocycles. The van der Waals surface area contributed by atoms with Crippen molar-refractivity contribution in [2.45, 2.75) is 70.4 Å². The van der Waals surface area contributed by atoms with Crippen molar-refractivity contribution >= 4 is 5.91 Å². The van der Waals surface area contributed by atoms with Crippen LogP contribution in [0.2, 0.25) is 0 Å². The van der Waals surface area contributed by atoms with Crippen molar-refractivity contribution in [1.29, 1.82) is 0 Å². The number of carbonyl (C=O) groups excluding carboxylic acids is 1. The second-order valence-corrected chi connectivity index (χ2v) is 5.26. The lowest BCUT2D eigenvalue weighted by molar-refractivity contribution is -0.132. The van der Waals surface area contributed by atoms with E-state index in [1.165, 1.54) is 25.7 Å². The summed E-state index contributed by atoms with van der Waals surface area (Å²) in [6.07, 6.45) is 8.85. The lowest BCUT2D eigenvalue weighted by atomic mass is 9.90. The van der Waals surface area contributed by atoms with Gasteiger partial charge in [-0.1, -0.05) is 19.8 Å². The van der Waals surface area contributed by atoms with Gasteiger partial charge in [0.1, 0.15) is 0 Å². The SMILES string of the molecule is CCCCCC(=O)N(C)C1CCC(NC)CC1. The average Bonchev–Trinajstić information content (AvgIpc) is 2.38. The van der Waals surface area contributed by atoms with Crippen LogP contribution < -0.4 is 5.32 Å². The molecule has 1 rings (SSSR count). The third kappa shape index (κ3) is 4.66. The highest BCUT2D eigenvalue weighted by Crippen LogP contribution is 2.22. The van der Waals surface area contributed by atoms with Gasteiger partial charge in [-0.25, -0.2) is 0 Å². The van der Waals surface area contributed by atoms with Crippen molar-refractivity contribution in [3.8, 4) is 0 Å². The molecule has 0 aromatic heterocycles. The maximum absolute atomic E-state index is 12.0. The summed E-state index contributed by atoms with van der Waals surface area (Å²) in [5.41, 5.74) is 0. The Hall–Kier alpha value is -0.570. The molecule has 1 aliphatic rings. The van der Waals surface area contributed by atoms with Crippen molar-refractivity contribution in [3.05, 3.63) is 0 Å². The van der Waals surface area contributed by atoms with Gasteiger partial charge in [0.05, 0.1) is 0 Å². The van der Waals surface area contributed by atoms with Crippen LogP contribution in [0.1, 0.15) is 58.3 Å². The minimum atomic E-state index is 0.339. The molecule has 3 heteroatoms. The van der Waals surface area contributed by atoms with Gasteiger partial charge in [0, 0.05) is 25.6 Å². The summed E-state index contributed by atoms with van der Waals surface area (Å²) in [6.45, 7) is 2.17. The summed E-state index contributed by atoms with van der Waals surface area (Å²) in [6, 6.07) is 1.14. The van der Waals surface area contributed by atoms with Gasteiger partial charge in [-0.05, 0) is 39.2 Å². The molecule has 0 aromatic rings. The highest BCUT2D eigenvalue weighted by molar-refractivity contribution is 5.76. The van der Waals surface area contributed by atoms with Gasteiger partial charge in [0.25, 0.3) is 0 Å². The molecule has 0 saturated heterocycles. The Kier molecular flexibility index (Phi) is 6.56. The highest BCUT2D eigenvalue weighted by Gasteiger charge is 2.25. The molecular formula is C14H28N2O. The van der Waals surface area contributed by atoms with Gasteiger partial charge in [-0.2, -0.15) is 0 Å². The molecule has 0 unspecified atom stereocenters. The topological polar surface area (TPSA) is 32.3 Å². The van der Waals surface area contributed by atoms with Gasteiger partial charge in [-0.15, -0.1) is 0 Å². The first kappa shape index (κ1) is 14.5. The number of nitrogens with zero attached hydrogens (tertiary/aromatic N) is 1. The zero-order valence-corrected chi connectivity index (χ0v) is 11.7. The predicted molar refractivity (Wildman–Crippen MR) is 72.0 cm³/mol. The first-order valence-corrected chi connectivity index (χ1v) is 7.12. The molecule has 0 atom stereocenters. The van der Waals surface area contributed by atoms with Crippen molar-refractivity contribution in [2.24, 2.45) is 0 Å². The van der Waals surface area contributed by atoms with Crippen LogP contribution in [-0.2, 0) is 4.79 Å². The average molecular weight is 240 g/mol. The van der Waals surface area contributed by atoms with Crippen LogP contribution >= 0.6 is 0 Å². The van der Waals surface area contributed by atoms with Crippen LogP contribution in [0.15, 0.2) is 0 Å². The molecule has 0 radical (unpaired) electrons. The van der Waals surface area contributed by atoms with E-state index >= 15 is 0 Å². The molecule has 100 valence electrons. The lowest BCUT2D eigenvalue weighted by Gasteiger charge is -2.34. The summed E-state index contributed by atoms with van der Waals surface area (Å²) in [4.78, 5) is 14.0. The minimum absolute atomic E-state index is 0.339. The largest absolute Gasteiger partial charge is 0.343 e. The normalized spacial score (nSPS) is 24.6. The monoisotopic (exact) mass is 240 g/mol. The van der Waals surface area contributed by atoms with Gasteiger partial charge in [-0.3, -0.25) is 4.79 Å². The molecule has 0 bridgehead atoms. The van der Waals surface area contributed by atoms with Crippen molar-refractivity contribution in [3.63, 3.8) is 0 Å². The van der Waals surface area contributed by atoms with E-state index in [-0.39, 0.29) is 0 Å². The fraction of sp³-hybridized carbons (Fsp3) is 0.929. The molecule has 1 fully saturated rings. The van der Waals surface area contributed by atoms with E-state index in [9.17, 15) is 4.79 Å². The number of nitrogens with one attached hydrogen (secondary N) is 1. The minimum Gasteiger partial charge on any atom is -0.343 e. The Morgan fingerprint density at radius 2 is 1.88 bits per heavy atom. The Bertz CT molecular complexity index is 222. The van der Waals surface area contributed by atoms with Crippen LogP contribution in [0.3, 0.4) is 0 Å². The van der Waals surface area contributed by atoms with Gasteiger partial charge < -0.3 is 10.2 Å². The number of unbranched alkanes of at least 4 members (excludes halogenated alkanes) is 2. The third-order valence-corrected chi connectivity index (χ3v) is 4.04.